The van der Waals surface area contributed by atoms with Gasteiger partial charge in [0, 0.05) is 60.5 Å². The quantitative estimate of drug-likeness (QED) is 0.382. The zero-order chi connectivity index (χ0) is 25.3. The summed E-state index contributed by atoms with van der Waals surface area (Å²) in [5.74, 6) is -0.599. The first-order valence-corrected chi connectivity index (χ1v) is 10.4. The van der Waals surface area contributed by atoms with E-state index in [1.807, 2.05) is 42.5 Å². The molecule has 0 fully saturated rings. The number of aromatic amines is 1. The van der Waals surface area contributed by atoms with E-state index >= 15 is 0 Å². The van der Waals surface area contributed by atoms with Crippen LogP contribution < -0.4 is 11.1 Å². The van der Waals surface area contributed by atoms with Gasteiger partial charge in [0.05, 0.1) is 5.69 Å². The molecular formula is C24H22F3N7O. The Morgan fingerprint density at radius 3 is 2.54 bits per heavy atom. The largest absolute Gasteiger partial charge is 0.405 e. The Morgan fingerprint density at radius 1 is 1.11 bits per heavy atom. The van der Waals surface area contributed by atoms with Crippen LogP contribution >= 0.6 is 0 Å². The Labute approximate surface area is 198 Å². The molecule has 0 aliphatic heterocycles. The highest BCUT2D eigenvalue weighted by Crippen LogP contribution is 2.32. The maximum absolute atomic E-state index is 12.5. The highest BCUT2D eigenvalue weighted by atomic mass is 19.4. The summed E-state index contributed by atoms with van der Waals surface area (Å²) < 4.78 is 37.4. The van der Waals surface area contributed by atoms with Gasteiger partial charge in [0.25, 0.3) is 5.91 Å². The van der Waals surface area contributed by atoms with Crippen molar-refractivity contribution in [2.45, 2.75) is 6.18 Å². The number of alkyl halides is 3. The second-order valence-electron chi connectivity index (χ2n) is 8.03. The fourth-order valence-corrected chi connectivity index (χ4v) is 3.49. The molecular weight excluding hydrogens is 459 g/mol. The van der Waals surface area contributed by atoms with Gasteiger partial charge in [-0.15, -0.1) is 0 Å². The number of carbonyl (C=O) groups is 1. The third kappa shape index (κ3) is 5.08. The van der Waals surface area contributed by atoms with Crippen molar-refractivity contribution in [3.63, 3.8) is 0 Å². The topological polar surface area (TPSA) is 113 Å². The van der Waals surface area contributed by atoms with Gasteiger partial charge in [0.1, 0.15) is 23.7 Å². The van der Waals surface area contributed by atoms with E-state index in [9.17, 15) is 18.0 Å². The number of H-pyrrole nitrogens is 1. The number of anilines is 1. The number of halogens is 3. The Kier molecular flexibility index (Phi) is 6.16. The molecule has 4 aromatic heterocycles. The van der Waals surface area contributed by atoms with Gasteiger partial charge in [0.15, 0.2) is 0 Å². The van der Waals surface area contributed by atoms with E-state index in [0.717, 1.165) is 11.3 Å². The number of nitrogen functional groups attached to an aromatic ring is 1. The number of hydrogen-bond acceptors (Lipinski definition) is 6. The van der Waals surface area contributed by atoms with Crippen LogP contribution in [0.3, 0.4) is 0 Å². The number of nitrogens with one attached hydrogen (secondary N) is 2. The summed E-state index contributed by atoms with van der Waals surface area (Å²) in [6, 6.07) is 8.71. The summed E-state index contributed by atoms with van der Waals surface area (Å²) >= 11 is 0. The first-order chi connectivity index (χ1) is 16.5. The lowest BCUT2D eigenvalue weighted by atomic mass is 10.0. The van der Waals surface area contributed by atoms with Crippen molar-refractivity contribution in [1.29, 1.82) is 0 Å². The van der Waals surface area contributed by atoms with Crippen molar-refractivity contribution >= 4 is 28.5 Å². The van der Waals surface area contributed by atoms with E-state index in [2.05, 4.69) is 26.5 Å². The molecule has 0 bridgehead atoms. The number of carbonyl (C=O) groups excluding carboxylic acids is 1. The van der Waals surface area contributed by atoms with Crippen LogP contribution in [0, 0.1) is 0 Å². The molecule has 180 valence electrons. The molecule has 4 N–H and O–H groups in total. The lowest BCUT2D eigenvalue weighted by Crippen LogP contribution is -2.33. The molecule has 0 spiro atoms. The van der Waals surface area contributed by atoms with Crippen molar-refractivity contribution in [2.24, 2.45) is 0 Å². The molecule has 11 heteroatoms. The number of nitrogens with two attached hydrogens (primary N) is 1. The first kappa shape index (κ1) is 23.7. The van der Waals surface area contributed by atoms with Gasteiger partial charge < -0.3 is 20.9 Å². The number of aromatic nitrogens is 4. The van der Waals surface area contributed by atoms with Crippen LogP contribution in [-0.4, -0.2) is 57.6 Å². The molecule has 1 amide bonds. The average molecular weight is 481 g/mol. The fraction of sp³-hybridized carbons (Fsp3) is 0.167. The summed E-state index contributed by atoms with van der Waals surface area (Å²) in [5, 5.41) is 2.40. The summed E-state index contributed by atoms with van der Waals surface area (Å²) in [5.41, 5.74) is 10.7. The average Bonchev–Trinajstić information content (AvgIpc) is 3.27. The minimum Gasteiger partial charge on any atom is -0.383 e. The highest BCUT2D eigenvalue weighted by Gasteiger charge is 2.28. The smallest absolute Gasteiger partial charge is 0.383 e. The molecule has 8 nitrogen and oxygen atoms in total. The summed E-state index contributed by atoms with van der Waals surface area (Å²) in [4.78, 5) is 29.8. The maximum Gasteiger partial charge on any atom is 0.405 e. The van der Waals surface area contributed by atoms with Crippen LogP contribution in [0.4, 0.5) is 19.0 Å². The van der Waals surface area contributed by atoms with Gasteiger partial charge in [-0.25, -0.2) is 9.97 Å². The third-order valence-corrected chi connectivity index (χ3v) is 5.37. The SMILES string of the molecule is C=C(c1ccc(-c2cc(-c3ccnc4[nH]c(C(=O)NCC(F)(F)F)cc34)cnc2N)nc1)N(C)C. The van der Waals surface area contributed by atoms with E-state index in [1.54, 1.807) is 18.5 Å². The number of rotatable bonds is 6. The van der Waals surface area contributed by atoms with Gasteiger partial charge in [-0.1, -0.05) is 6.58 Å². The molecule has 0 atom stereocenters. The van der Waals surface area contributed by atoms with Crippen LogP contribution in [0.1, 0.15) is 16.1 Å². The first-order valence-electron chi connectivity index (χ1n) is 10.4. The molecule has 0 aliphatic carbocycles. The van der Waals surface area contributed by atoms with Gasteiger partial charge in [-0.2, -0.15) is 13.2 Å². The lowest BCUT2D eigenvalue weighted by molar-refractivity contribution is -0.123. The van der Waals surface area contributed by atoms with Crippen molar-refractivity contribution < 1.29 is 18.0 Å². The van der Waals surface area contributed by atoms with Crippen LogP contribution in [0.25, 0.3) is 39.1 Å². The second kappa shape index (κ2) is 9.09. The zero-order valence-electron chi connectivity index (χ0n) is 18.9. The normalized spacial score (nSPS) is 11.5. The van der Waals surface area contributed by atoms with Crippen molar-refractivity contribution in [2.75, 3.05) is 26.4 Å². The molecule has 4 rings (SSSR count). The van der Waals surface area contributed by atoms with Gasteiger partial charge >= 0.3 is 6.18 Å². The molecule has 0 unspecified atom stereocenters. The molecule has 0 saturated heterocycles. The Bertz CT molecular complexity index is 1410. The molecule has 0 saturated carbocycles. The van der Waals surface area contributed by atoms with Crippen LogP contribution in [-0.2, 0) is 0 Å². The Hall–Kier alpha value is -4.41. The van der Waals surface area contributed by atoms with E-state index in [4.69, 9.17) is 5.73 Å². The summed E-state index contributed by atoms with van der Waals surface area (Å²) in [6.45, 7) is 2.59. The van der Waals surface area contributed by atoms with Gasteiger partial charge in [-0.3, -0.25) is 9.78 Å². The van der Waals surface area contributed by atoms with E-state index < -0.39 is 18.6 Å². The zero-order valence-corrected chi connectivity index (χ0v) is 18.9. The van der Waals surface area contributed by atoms with Gasteiger partial charge in [-0.05, 0) is 35.9 Å². The van der Waals surface area contributed by atoms with Crippen LogP contribution in [0.2, 0.25) is 0 Å². The standard InChI is InChI=1S/C24H22F3N7O/c1-13(34(2)3)14-4-5-19(30-10-14)18-8-15(11-31-21(18)28)16-6-7-29-22-17(16)9-20(33-22)23(35)32-12-24(25,26)27/h4-11H,1,12H2,2-3H3,(H2,28,31)(H,29,33)(H,32,35). The second-order valence-corrected chi connectivity index (χ2v) is 8.03. The lowest BCUT2D eigenvalue weighted by Gasteiger charge is -2.16. The minimum absolute atomic E-state index is 0.0359. The van der Waals surface area contributed by atoms with Crippen molar-refractivity contribution in [3.05, 3.63) is 66.8 Å². The van der Waals surface area contributed by atoms with E-state index in [1.165, 1.54) is 12.3 Å². The minimum atomic E-state index is -4.51. The van der Waals surface area contributed by atoms with Crippen LogP contribution in [0.5, 0.6) is 0 Å². The fourth-order valence-electron chi connectivity index (χ4n) is 3.49. The molecule has 0 aromatic carbocycles. The number of nitrogens with zero attached hydrogens (tertiary/aromatic N) is 4. The highest BCUT2D eigenvalue weighted by molar-refractivity contribution is 6.02. The third-order valence-electron chi connectivity index (χ3n) is 5.37. The predicted molar refractivity (Wildman–Crippen MR) is 128 cm³/mol. The Morgan fingerprint density at radius 2 is 1.89 bits per heavy atom. The van der Waals surface area contributed by atoms with Crippen LogP contribution in [0.15, 0.2) is 55.5 Å². The number of pyridine rings is 3. The molecule has 0 aliphatic rings. The van der Waals surface area contributed by atoms with E-state index in [0.29, 0.717) is 33.4 Å². The molecule has 4 heterocycles. The maximum atomic E-state index is 12.5. The molecule has 4 aromatic rings. The van der Waals surface area contributed by atoms with Crippen molar-refractivity contribution in [1.82, 2.24) is 30.2 Å². The summed E-state index contributed by atoms with van der Waals surface area (Å²) in [6.07, 6.45) is 0.295. The van der Waals surface area contributed by atoms with E-state index in [-0.39, 0.29) is 11.5 Å². The van der Waals surface area contributed by atoms with Crippen molar-refractivity contribution in [3.8, 4) is 22.4 Å². The molecule has 0 radical (unpaired) electrons. The Balaban J connectivity index is 1.69. The van der Waals surface area contributed by atoms with Gasteiger partial charge in [0.2, 0.25) is 0 Å². The monoisotopic (exact) mass is 481 g/mol. The number of fused-ring (bicyclic) bond motifs is 1. The summed E-state index contributed by atoms with van der Waals surface area (Å²) in [7, 11) is 3.78. The number of amides is 1. The predicted octanol–water partition coefficient (Wildman–Crippen LogP) is 4.09. The number of hydrogen-bond donors (Lipinski definition) is 3. The molecule has 35 heavy (non-hydrogen) atoms.